The molecule has 0 bridgehead atoms. The Morgan fingerprint density at radius 3 is 2.97 bits per heavy atom. The van der Waals surface area contributed by atoms with Crippen molar-refractivity contribution >= 4 is 22.5 Å². The molecule has 1 aliphatic carbocycles. The van der Waals surface area contributed by atoms with Crippen molar-refractivity contribution in [3.05, 3.63) is 53.2 Å². The molecule has 3 N–H and O–H groups in total. The van der Waals surface area contributed by atoms with Gasteiger partial charge in [0.25, 0.3) is 0 Å². The minimum atomic E-state index is 0.597. The highest BCUT2D eigenvalue weighted by atomic mass is 15.4. The molecule has 7 heteroatoms. The average Bonchev–Trinajstić information content (AvgIpc) is 3.35. The van der Waals surface area contributed by atoms with Gasteiger partial charge in [-0.15, -0.1) is 5.10 Å². The normalized spacial score (nSPS) is 16.2. The summed E-state index contributed by atoms with van der Waals surface area (Å²) >= 11 is 0. The lowest BCUT2D eigenvalue weighted by Crippen LogP contribution is -2.23. The number of hydrogen-bond donors (Lipinski definition) is 3. The van der Waals surface area contributed by atoms with Crippen LogP contribution in [0.25, 0.3) is 22.3 Å². The molecule has 0 atom stereocenters. The Morgan fingerprint density at radius 2 is 2.07 bits per heavy atom. The molecule has 1 aliphatic heterocycles. The van der Waals surface area contributed by atoms with Crippen molar-refractivity contribution in [1.82, 2.24) is 30.3 Å². The average molecular weight is 385 g/mol. The minimum Gasteiger partial charge on any atom is -0.324 e. The van der Waals surface area contributed by atoms with Crippen LogP contribution in [0, 0.1) is 0 Å². The van der Waals surface area contributed by atoms with Crippen LogP contribution in [0.3, 0.4) is 0 Å². The van der Waals surface area contributed by atoms with E-state index in [1.165, 1.54) is 34.9 Å². The first-order chi connectivity index (χ1) is 14.3. The Hall–Kier alpha value is -3.19. The predicted octanol–water partition coefficient (Wildman–Crippen LogP) is 3.63. The van der Waals surface area contributed by atoms with Crippen LogP contribution in [0.5, 0.6) is 0 Å². The summed E-state index contributed by atoms with van der Waals surface area (Å²) < 4.78 is 1.82. The van der Waals surface area contributed by atoms with Crippen molar-refractivity contribution in [3.63, 3.8) is 0 Å². The molecule has 1 saturated carbocycles. The quantitative estimate of drug-likeness (QED) is 0.500. The van der Waals surface area contributed by atoms with Crippen LogP contribution < -0.4 is 10.6 Å². The van der Waals surface area contributed by atoms with Gasteiger partial charge in [0.15, 0.2) is 5.82 Å². The number of aromatic amines is 1. The fourth-order valence-electron chi connectivity index (χ4n) is 4.32. The largest absolute Gasteiger partial charge is 0.324 e. The van der Waals surface area contributed by atoms with Crippen molar-refractivity contribution < 1.29 is 0 Å². The number of nitrogens with one attached hydrogen (secondary N) is 3. The van der Waals surface area contributed by atoms with E-state index in [-0.39, 0.29) is 0 Å². The van der Waals surface area contributed by atoms with Crippen LogP contribution in [0.2, 0.25) is 0 Å². The second kappa shape index (κ2) is 6.42. The molecule has 1 fully saturated rings. The number of nitrogens with zero attached hydrogens (tertiary/aromatic N) is 4. The summed E-state index contributed by atoms with van der Waals surface area (Å²) in [5, 5.41) is 20.1. The van der Waals surface area contributed by atoms with Gasteiger partial charge in [0, 0.05) is 30.2 Å². The van der Waals surface area contributed by atoms with Crippen LogP contribution in [-0.2, 0) is 20.0 Å². The molecular formula is C22H23N7. The summed E-state index contributed by atoms with van der Waals surface area (Å²) in [6.45, 7) is 1.96. The third kappa shape index (κ3) is 2.89. The van der Waals surface area contributed by atoms with E-state index in [9.17, 15) is 0 Å². The first kappa shape index (κ1) is 16.7. The molecule has 0 spiro atoms. The lowest BCUT2D eigenvalue weighted by molar-refractivity contribution is 0.644. The fourth-order valence-corrected chi connectivity index (χ4v) is 4.32. The number of anilines is 2. The second-order valence-electron chi connectivity index (χ2n) is 8.05. The summed E-state index contributed by atoms with van der Waals surface area (Å²) in [5.74, 6) is 2.10. The maximum atomic E-state index is 4.81. The number of rotatable bonds is 4. The van der Waals surface area contributed by atoms with E-state index in [1.54, 1.807) is 0 Å². The molecule has 0 unspecified atom stereocenters. The third-order valence-electron chi connectivity index (χ3n) is 6.01. The third-order valence-corrected chi connectivity index (χ3v) is 6.01. The Bertz CT molecular complexity index is 1220. The van der Waals surface area contributed by atoms with E-state index in [0.717, 1.165) is 48.1 Å². The van der Waals surface area contributed by atoms with E-state index in [1.807, 2.05) is 17.9 Å². The molecule has 146 valence electrons. The number of fused-ring (bicyclic) bond motifs is 2. The maximum Gasteiger partial charge on any atom is 0.225 e. The van der Waals surface area contributed by atoms with E-state index in [0.29, 0.717) is 5.92 Å². The maximum absolute atomic E-state index is 4.81. The van der Waals surface area contributed by atoms with E-state index in [4.69, 9.17) is 4.98 Å². The molecule has 2 aromatic carbocycles. The molecule has 0 radical (unpaired) electrons. The Kier molecular flexibility index (Phi) is 3.70. The van der Waals surface area contributed by atoms with E-state index >= 15 is 0 Å². The van der Waals surface area contributed by atoms with Gasteiger partial charge in [-0.2, -0.15) is 10.1 Å². The zero-order valence-corrected chi connectivity index (χ0v) is 16.4. The van der Waals surface area contributed by atoms with E-state index in [2.05, 4.69) is 56.3 Å². The summed E-state index contributed by atoms with van der Waals surface area (Å²) in [4.78, 5) is 4.81. The van der Waals surface area contributed by atoms with E-state index < -0.39 is 0 Å². The number of H-pyrrole nitrogens is 1. The van der Waals surface area contributed by atoms with Gasteiger partial charge in [0.2, 0.25) is 5.95 Å². The molecule has 2 aromatic heterocycles. The molecule has 0 saturated heterocycles. The summed E-state index contributed by atoms with van der Waals surface area (Å²) in [6.07, 6.45) is 5.47. The van der Waals surface area contributed by atoms with Gasteiger partial charge >= 0.3 is 0 Å². The molecule has 29 heavy (non-hydrogen) atoms. The summed E-state index contributed by atoms with van der Waals surface area (Å²) in [7, 11) is 1.94. The lowest BCUT2D eigenvalue weighted by atomic mass is 9.98. The van der Waals surface area contributed by atoms with Gasteiger partial charge in [0.05, 0.1) is 11.7 Å². The van der Waals surface area contributed by atoms with Crippen molar-refractivity contribution in [2.45, 2.75) is 31.7 Å². The summed E-state index contributed by atoms with van der Waals surface area (Å²) in [5.41, 5.74) is 7.34. The molecule has 4 aromatic rings. The highest BCUT2D eigenvalue weighted by molar-refractivity contribution is 5.89. The van der Waals surface area contributed by atoms with Crippen molar-refractivity contribution in [1.29, 1.82) is 0 Å². The highest BCUT2D eigenvalue weighted by Crippen LogP contribution is 2.47. The van der Waals surface area contributed by atoms with Gasteiger partial charge in [-0.25, -0.2) is 4.68 Å². The van der Waals surface area contributed by atoms with Crippen LogP contribution >= 0.6 is 0 Å². The highest BCUT2D eigenvalue weighted by Gasteiger charge is 2.29. The number of hydrogen-bond acceptors (Lipinski definition) is 5. The molecule has 2 aliphatic rings. The minimum absolute atomic E-state index is 0.597. The van der Waals surface area contributed by atoms with Gasteiger partial charge in [0.1, 0.15) is 0 Å². The van der Waals surface area contributed by atoms with Gasteiger partial charge < -0.3 is 10.6 Å². The Balaban J connectivity index is 1.36. The topological polar surface area (TPSA) is 83.5 Å². The monoisotopic (exact) mass is 385 g/mol. The van der Waals surface area contributed by atoms with Crippen molar-refractivity contribution in [2.24, 2.45) is 7.05 Å². The first-order valence-corrected chi connectivity index (χ1v) is 10.2. The second-order valence-corrected chi connectivity index (χ2v) is 8.05. The Labute approximate surface area is 168 Å². The lowest BCUT2D eigenvalue weighted by Gasteiger charge is -2.17. The van der Waals surface area contributed by atoms with Crippen molar-refractivity contribution in [3.8, 4) is 11.4 Å². The van der Waals surface area contributed by atoms with Gasteiger partial charge in [-0.1, -0.05) is 12.1 Å². The number of aromatic nitrogens is 5. The molecular weight excluding hydrogens is 362 g/mol. The fraction of sp³-hybridized carbons (Fsp3) is 0.318. The molecule has 0 amide bonds. The van der Waals surface area contributed by atoms with Crippen LogP contribution in [0.4, 0.5) is 11.6 Å². The molecule has 3 heterocycles. The Morgan fingerprint density at radius 1 is 1.14 bits per heavy atom. The smallest absolute Gasteiger partial charge is 0.225 e. The van der Waals surface area contributed by atoms with Crippen molar-refractivity contribution in [2.75, 3.05) is 11.9 Å². The summed E-state index contributed by atoms with van der Waals surface area (Å²) in [6, 6.07) is 10.8. The number of benzene rings is 2. The standard InChI is InChI=1S/C22H23N7/c1-29-22(25-19-7-6-18-17(12-24-27-18)20(19)14-3-4-14)26-21(28-29)15-5-2-13-8-9-23-11-16(13)10-15/h2,5-7,10,12,14,23H,3-4,8-9,11H2,1H3,(H,24,27)(H,25,26,28). The number of aryl methyl sites for hydroxylation is 1. The first-order valence-electron chi connectivity index (χ1n) is 10.2. The molecule has 7 nitrogen and oxygen atoms in total. The SMILES string of the molecule is Cn1nc(-c2ccc3c(c2)CNCC3)nc1Nc1ccc2[nH]ncc2c1C1CC1. The van der Waals surface area contributed by atoms with Crippen LogP contribution in [0.15, 0.2) is 36.5 Å². The van der Waals surface area contributed by atoms with Crippen LogP contribution in [0.1, 0.15) is 35.4 Å². The zero-order chi connectivity index (χ0) is 19.4. The molecule has 6 rings (SSSR count). The van der Waals surface area contributed by atoms with Gasteiger partial charge in [-0.3, -0.25) is 5.10 Å². The van der Waals surface area contributed by atoms with Crippen LogP contribution in [-0.4, -0.2) is 31.5 Å². The predicted molar refractivity (Wildman–Crippen MR) is 113 cm³/mol. The van der Waals surface area contributed by atoms with Gasteiger partial charge in [-0.05, 0) is 66.6 Å². The zero-order valence-electron chi connectivity index (χ0n) is 16.4.